The summed E-state index contributed by atoms with van der Waals surface area (Å²) < 4.78 is 15.7. The zero-order valence-electron chi connectivity index (χ0n) is 23.3. The van der Waals surface area contributed by atoms with Crippen LogP contribution in [0.1, 0.15) is 58.3 Å². The second kappa shape index (κ2) is 9.82. The van der Waals surface area contributed by atoms with Crippen molar-refractivity contribution in [2.45, 2.75) is 65.6 Å². The lowest BCUT2D eigenvalue weighted by Crippen LogP contribution is -2.31. The molecule has 0 saturated carbocycles. The van der Waals surface area contributed by atoms with E-state index in [0.717, 1.165) is 39.4 Å². The average Bonchev–Trinajstić information content (AvgIpc) is 3.61. The van der Waals surface area contributed by atoms with Crippen molar-refractivity contribution in [2.24, 2.45) is 5.92 Å². The summed E-state index contributed by atoms with van der Waals surface area (Å²) in [7, 11) is 1.65. The first kappa shape index (κ1) is 25.8. The number of carbonyl (C=O) groups excluding carboxylic acids is 1. The van der Waals surface area contributed by atoms with Crippen molar-refractivity contribution in [1.29, 1.82) is 0 Å². The number of likely N-dealkylation sites (tertiary alicyclic amines) is 1. The summed E-state index contributed by atoms with van der Waals surface area (Å²) in [6.07, 6.45) is 6.26. The van der Waals surface area contributed by atoms with E-state index in [1.807, 2.05) is 63.7 Å². The van der Waals surface area contributed by atoms with Crippen molar-refractivity contribution in [2.75, 3.05) is 13.7 Å². The molecular formula is C30H37N5O3. The normalized spacial score (nSPS) is 17.7. The van der Waals surface area contributed by atoms with Gasteiger partial charge in [0.1, 0.15) is 23.1 Å². The van der Waals surface area contributed by atoms with Gasteiger partial charge in [0.05, 0.1) is 30.6 Å². The summed E-state index contributed by atoms with van der Waals surface area (Å²) in [5.41, 5.74) is 4.80. The average molecular weight is 516 g/mol. The third-order valence-corrected chi connectivity index (χ3v) is 7.49. The largest absolute Gasteiger partial charge is 0.497 e. The second-order valence-electron chi connectivity index (χ2n) is 11.3. The quantitative estimate of drug-likeness (QED) is 0.318. The van der Waals surface area contributed by atoms with E-state index >= 15 is 0 Å². The van der Waals surface area contributed by atoms with Gasteiger partial charge in [0, 0.05) is 42.4 Å². The number of benzene rings is 1. The Morgan fingerprint density at radius 1 is 1.05 bits per heavy atom. The number of hydrogen-bond acceptors (Lipinski definition) is 5. The maximum Gasteiger partial charge on any atom is 0.223 e. The number of aryl methyl sites for hydroxylation is 1. The van der Waals surface area contributed by atoms with Crippen LogP contribution < -0.4 is 9.47 Å². The van der Waals surface area contributed by atoms with Crippen LogP contribution in [-0.2, 0) is 10.3 Å². The van der Waals surface area contributed by atoms with Crippen LogP contribution >= 0.6 is 0 Å². The van der Waals surface area contributed by atoms with Gasteiger partial charge in [0.2, 0.25) is 5.91 Å². The first-order chi connectivity index (χ1) is 18.0. The first-order valence-corrected chi connectivity index (χ1v) is 13.2. The van der Waals surface area contributed by atoms with E-state index in [1.165, 1.54) is 0 Å². The van der Waals surface area contributed by atoms with Crippen LogP contribution in [0.5, 0.6) is 11.5 Å². The van der Waals surface area contributed by atoms with Crippen molar-refractivity contribution in [3.63, 3.8) is 0 Å². The topological polar surface area (TPSA) is 73.9 Å². The van der Waals surface area contributed by atoms with Gasteiger partial charge in [-0.25, -0.2) is 4.52 Å². The van der Waals surface area contributed by atoms with E-state index < -0.39 is 0 Å². The molecule has 4 aromatic rings. The molecule has 3 aromatic heterocycles. The Morgan fingerprint density at radius 2 is 1.79 bits per heavy atom. The van der Waals surface area contributed by atoms with Crippen LogP contribution in [0.25, 0.3) is 16.6 Å². The van der Waals surface area contributed by atoms with Crippen LogP contribution in [0.3, 0.4) is 0 Å². The summed E-state index contributed by atoms with van der Waals surface area (Å²) in [4.78, 5) is 15.0. The molecule has 8 heteroatoms. The molecule has 0 aliphatic carbocycles. The van der Waals surface area contributed by atoms with Crippen molar-refractivity contribution in [3.05, 3.63) is 66.2 Å². The zero-order valence-corrected chi connectivity index (χ0v) is 23.3. The van der Waals surface area contributed by atoms with E-state index in [-0.39, 0.29) is 29.5 Å². The monoisotopic (exact) mass is 515 g/mol. The standard InChI is InChI=1S/C30H37N5O3/c1-19-12-27-28(13-24(17-34(27)32-19)25-15-31-35(18-25)30(4,5)6)38-21(3)23-14-29(36)33(16-23)20(2)22-8-10-26(37-7)11-9-22/h8-13,15,17-18,20-21,23H,14,16H2,1-7H3/t20-,21-,23-/m1/s1. The lowest BCUT2D eigenvalue weighted by molar-refractivity contribution is -0.129. The Morgan fingerprint density at radius 3 is 2.45 bits per heavy atom. The van der Waals surface area contributed by atoms with Gasteiger partial charge >= 0.3 is 0 Å². The van der Waals surface area contributed by atoms with Crippen molar-refractivity contribution >= 4 is 11.4 Å². The van der Waals surface area contributed by atoms with Crippen LogP contribution in [-0.4, -0.2) is 50.0 Å². The molecule has 3 atom stereocenters. The van der Waals surface area contributed by atoms with Gasteiger partial charge in [-0.3, -0.25) is 9.48 Å². The van der Waals surface area contributed by atoms with E-state index in [0.29, 0.717) is 13.0 Å². The summed E-state index contributed by atoms with van der Waals surface area (Å²) in [6, 6.07) is 12.0. The van der Waals surface area contributed by atoms with Gasteiger partial charge in [-0.2, -0.15) is 10.2 Å². The van der Waals surface area contributed by atoms with Crippen LogP contribution in [0.2, 0.25) is 0 Å². The molecule has 0 radical (unpaired) electrons. The molecule has 0 unspecified atom stereocenters. The number of amides is 1. The van der Waals surface area contributed by atoms with E-state index in [2.05, 4.69) is 57.1 Å². The summed E-state index contributed by atoms with van der Waals surface area (Å²) in [5.74, 6) is 1.80. The van der Waals surface area contributed by atoms with Crippen molar-refractivity contribution in [1.82, 2.24) is 24.3 Å². The number of methoxy groups -OCH3 is 1. The number of carbonyl (C=O) groups is 1. The molecule has 1 fully saturated rings. The number of nitrogens with zero attached hydrogens (tertiary/aromatic N) is 5. The summed E-state index contributed by atoms with van der Waals surface area (Å²) >= 11 is 0. The van der Waals surface area contributed by atoms with Gasteiger partial charge in [-0.15, -0.1) is 0 Å². The molecule has 1 aliphatic heterocycles. The minimum absolute atomic E-state index is 0.0162. The van der Waals surface area contributed by atoms with Crippen LogP contribution in [0, 0.1) is 12.8 Å². The molecule has 1 saturated heterocycles. The highest BCUT2D eigenvalue weighted by Crippen LogP contribution is 2.34. The molecule has 0 spiro atoms. The Labute approximate surface area is 224 Å². The summed E-state index contributed by atoms with van der Waals surface area (Å²) in [5, 5.41) is 9.22. The number of rotatable bonds is 7. The lowest BCUT2D eigenvalue weighted by Gasteiger charge is -2.27. The van der Waals surface area contributed by atoms with E-state index in [9.17, 15) is 4.79 Å². The Hall–Kier alpha value is -3.81. The zero-order chi connectivity index (χ0) is 27.2. The Kier molecular flexibility index (Phi) is 6.67. The molecule has 200 valence electrons. The van der Waals surface area contributed by atoms with E-state index in [1.54, 1.807) is 7.11 Å². The molecule has 1 amide bonds. The summed E-state index contributed by atoms with van der Waals surface area (Å²) in [6.45, 7) is 13.1. The second-order valence-corrected chi connectivity index (χ2v) is 11.3. The third kappa shape index (κ3) is 4.99. The third-order valence-electron chi connectivity index (χ3n) is 7.49. The Balaban J connectivity index is 1.37. The van der Waals surface area contributed by atoms with Gasteiger partial charge < -0.3 is 14.4 Å². The molecule has 8 nitrogen and oxygen atoms in total. The predicted molar refractivity (Wildman–Crippen MR) is 147 cm³/mol. The molecule has 5 rings (SSSR count). The molecule has 1 aliphatic rings. The maximum atomic E-state index is 13.0. The first-order valence-electron chi connectivity index (χ1n) is 13.2. The minimum Gasteiger partial charge on any atom is -0.497 e. The smallest absolute Gasteiger partial charge is 0.223 e. The number of pyridine rings is 1. The Bertz CT molecular complexity index is 1450. The highest BCUT2D eigenvalue weighted by Gasteiger charge is 2.37. The molecule has 1 aromatic carbocycles. The molecule has 38 heavy (non-hydrogen) atoms. The molecule has 4 heterocycles. The van der Waals surface area contributed by atoms with Crippen molar-refractivity contribution in [3.8, 4) is 22.6 Å². The molecule has 0 N–H and O–H groups in total. The van der Waals surface area contributed by atoms with Gasteiger partial charge in [-0.05, 0) is 71.4 Å². The van der Waals surface area contributed by atoms with Gasteiger partial charge in [0.25, 0.3) is 0 Å². The highest BCUT2D eigenvalue weighted by atomic mass is 16.5. The number of hydrogen-bond donors (Lipinski definition) is 0. The molecular weight excluding hydrogens is 478 g/mol. The maximum absolute atomic E-state index is 13.0. The minimum atomic E-state index is -0.154. The fourth-order valence-electron chi connectivity index (χ4n) is 5.08. The number of aromatic nitrogens is 4. The van der Waals surface area contributed by atoms with E-state index in [4.69, 9.17) is 9.47 Å². The fourth-order valence-corrected chi connectivity index (χ4v) is 5.08. The van der Waals surface area contributed by atoms with Gasteiger partial charge in [-0.1, -0.05) is 12.1 Å². The highest BCUT2D eigenvalue weighted by molar-refractivity contribution is 5.79. The van der Waals surface area contributed by atoms with Crippen molar-refractivity contribution < 1.29 is 14.3 Å². The number of ether oxygens (including phenoxy) is 2. The lowest BCUT2D eigenvalue weighted by atomic mass is 10.0. The predicted octanol–water partition coefficient (Wildman–Crippen LogP) is 5.65. The van der Waals surface area contributed by atoms with Crippen LogP contribution in [0.15, 0.2) is 55.0 Å². The molecule has 0 bridgehead atoms. The fraction of sp³-hybridized carbons (Fsp3) is 0.433. The SMILES string of the molecule is COc1ccc([C@@H](C)N2C[C@H]([C@@H](C)Oc3cc(-c4cnn(C(C)(C)C)c4)cn4nc(C)cc34)CC2=O)cc1. The number of fused-ring (bicyclic) bond motifs is 1. The van der Waals surface area contributed by atoms with Crippen LogP contribution in [0.4, 0.5) is 0 Å². The van der Waals surface area contributed by atoms with Gasteiger partial charge in [0.15, 0.2) is 0 Å².